The molecule has 10 heteroatoms. The number of sulfonamides is 1. The summed E-state index contributed by atoms with van der Waals surface area (Å²) in [5, 5.41) is 2.79. The number of benzene rings is 2. The zero-order valence-corrected chi connectivity index (χ0v) is 20.7. The van der Waals surface area contributed by atoms with E-state index in [2.05, 4.69) is 5.32 Å². The summed E-state index contributed by atoms with van der Waals surface area (Å²) in [5.41, 5.74) is 1.52. The first-order chi connectivity index (χ1) is 16.0. The molecule has 0 heterocycles. The maximum absolute atomic E-state index is 13.8. The predicted octanol–water partition coefficient (Wildman–Crippen LogP) is 3.37. The first-order valence-corrected chi connectivity index (χ1v) is 12.9. The van der Waals surface area contributed by atoms with E-state index in [0.29, 0.717) is 23.7 Å². The van der Waals surface area contributed by atoms with Crippen LogP contribution >= 0.6 is 0 Å². The monoisotopic (exact) mass is 495 g/mol. The highest BCUT2D eigenvalue weighted by molar-refractivity contribution is 7.92. The highest BCUT2D eigenvalue weighted by atomic mass is 32.2. The van der Waals surface area contributed by atoms with E-state index in [9.17, 15) is 26.8 Å². The van der Waals surface area contributed by atoms with Gasteiger partial charge in [0.2, 0.25) is 21.8 Å². The maximum atomic E-state index is 13.8. The van der Waals surface area contributed by atoms with Gasteiger partial charge in [-0.2, -0.15) is 0 Å². The molecular weight excluding hydrogens is 464 g/mol. The Morgan fingerprint density at radius 1 is 1.06 bits per heavy atom. The highest BCUT2D eigenvalue weighted by Gasteiger charge is 2.32. The lowest BCUT2D eigenvalue weighted by molar-refractivity contribution is -0.140. The van der Waals surface area contributed by atoms with Crippen LogP contribution in [0, 0.1) is 18.6 Å². The fraction of sp³-hybridized carbons (Fsp3) is 0.417. The van der Waals surface area contributed by atoms with Crippen LogP contribution < -0.4 is 9.62 Å². The van der Waals surface area contributed by atoms with E-state index in [4.69, 9.17) is 0 Å². The molecule has 2 amide bonds. The molecular formula is C24H31F2N3O4S. The van der Waals surface area contributed by atoms with Gasteiger partial charge in [0.25, 0.3) is 0 Å². The number of aryl methyl sites for hydroxylation is 1. The van der Waals surface area contributed by atoms with Gasteiger partial charge in [-0.05, 0) is 43.0 Å². The van der Waals surface area contributed by atoms with Crippen molar-refractivity contribution in [3.8, 4) is 0 Å². The molecule has 186 valence electrons. The third-order valence-electron chi connectivity index (χ3n) is 5.41. The Kier molecular flexibility index (Phi) is 9.55. The number of carbonyl (C=O) groups is 2. The topological polar surface area (TPSA) is 86.8 Å². The van der Waals surface area contributed by atoms with E-state index >= 15 is 0 Å². The van der Waals surface area contributed by atoms with Crippen LogP contribution in [0.15, 0.2) is 42.5 Å². The van der Waals surface area contributed by atoms with Crippen molar-refractivity contribution in [3.05, 3.63) is 65.2 Å². The number of hydrogen-bond donors (Lipinski definition) is 1. The summed E-state index contributed by atoms with van der Waals surface area (Å²) in [5.74, 6) is -3.36. The Bertz CT molecular complexity index is 1120. The molecule has 1 unspecified atom stereocenters. The fourth-order valence-corrected chi connectivity index (χ4v) is 4.35. The van der Waals surface area contributed by atoms with E-state index in [-0.39, 0.29) is 18.1 Å². The Morgan fingerprint density at radius 2 is 1.74 bits per heavy atom. The zero-order chi connectivity index (χ0) is 25.5. The van der Waals surface area contributed by atoms with E-state index in [1.165, 1.54) is 4.90 Å². The van der Waals surface area contributed by atoms with Gasteiger partial charge in [-0.3, -0.25) is 13.9 Å². The minimum Gasteiger partial charge on any atom is -0.354 e. The van der Waals surface area contributed by atoms with Crippen LogP contribution in [0.5, 0.6) is 0 Å². The lowest BCUT2D eigenvalue weighted by Gasteiger charge is -2.33. The summed E-state index contributed by atoms with van der Waals surface area (Å²) in [6.45, 7) is 5.39. The molecule has 2 aromatic carbocycles. The number of rotatable bonds is 11. The first kappa shape index (κ1) is 27.2. The average molecular weight is 496 g/mol. The molecule has 0 aromatic heterocycles. The summed E-state index contributed by atoms with van der Waals surface area (Å²) in [7, 11) is -4.03. The standard InChI is InChI=1S/C24H31F2N3O4S/c1-5-13-27-24(31)22(6-2)28(15-18-10-8-7-9-17(18)3)23(30)16-29(34(4,32)33)19-11-12-20(25)21(26)14-19/h7-12,14,22H,5-6,13,15-16H2,1-4H3,(H,27,31). The minimum atomic E-state index is -4.03. The molecule has 0 spiro atoms. The highest BCUT2D eigenvalue weighted by Crippen LogP contribution is 2.22. The number of carbonyl (C=O) groups excluding carboxylic acids is 2. The van der Waals surface area contributed by atoms with Crippen LogP contribution in [0.2, 0.25) is 0 Å². The van der Waals surface area contributed by atoms with E-state index < -0.39 is 40.2 Å². The van der Waals surface area contributed by atoms with Crippen molar-refractivity contribution in [2.24, 2.45) is 0 Å². The van der Waals surface area contributed by atoms with Crippen LogP contribution in [-0.4, -0.2) is 50.5 Å². The molecule has 34 heavy (non-hydrogen) atoms. The molecule has 0 aliphatic heterocycles. The van der Waals surface area contributed by atoms with Crippen molar-refractivity contribution in [2.75, 3.05) is 23.7 Å². The van der Waals surface area contributed by atoms with Crippen molar-refractivity contribution >= 4 is 27.5 Å². The van der Waals surface area contributed by atoms with Crippen molar-refractivity contribution in [2.45, 2.75) is 46.2 Å². The average Bonchev–Trinajstić information content (AvgIpc) is 2.78. The molecule has 2 aromatic rings. The van der Waals surface area contributed by atoms with Crippen LogP contribution in [0.1, 0.15) is 37.8 Å². The molecule has 0 saturated carbocycles. The third-order valence-corrected chi connectivity index (χ3v) is 6.55. The lowest BCUT2D eigenvalue weighted by Crippen LogP contribution is -2.52. The van der Waals surface area contributed by atoms with Gasteiger partial charge in [0.15, 0.2) is 11.6 Å². The fourth-order valence-electron chi connectivity index (χ4n) is 3.51. The maximum Gasteiger partial charge on any atom is 0.244 e. The van der Waals surface area contributed by atoms with Gasteiger partial charge in [0, 0.05) is 19.2 Å². The third kappa shape index (κ3) is 6.99. The van der Waals surface area contributed by atoms with Crippen LogP contribution in [0.4, 0.5) is 14.5 Å². The van der Waals surface area contributed by atoms with E-state index in [1.807, 2.05) is 38.1 Å². The van der Waals surface area contributed by atoms with Gasteiger partial charge in [0.05, 0.1) is 11.9 Å². The van der Waals surface area contributed by atoms with Gasteiger partial charge in [0.1, 0.15) is 12.6 Å². The molecule has 0 bridgehead atoms. The second kappa shape index (κ2) is 11.9. The summed E-state index contributed by atoms with van der Waals surface area (Å²) in [4.78, 5) is 27.7. The number of halogens is 2. The molecule has 7 nitrogen and oxygen atoms in total. The Hall–Kier alpha value is -3.01. The molecule has 0 aliphatic carbocycles. The molecule has 2 rings (SSSR count). The Morgan fingerprint density at radius 3 is 2.29 bits per heavy atom. The smallest absolute Gasteiger partial charge is 0.244 e. The number of nitrogens with one attached hydrogen (secondary N) is 1. The number of nitrogens with zero attached hydrogens (tertiary/aromatic N) is 2. The van der Waals surface area contributed by atoms with Gasteiger partial charge >= 0.3 is 0 Å². The second-order valence-electron chi connectivity index (χ2n) is 8.03. The molecule has 1 atom stereocenters. The molecule has 0 radical (unpaired) electrons. The SMILES string of the molecule is CCCNC(=O)C(CC)N(Cc1ccccc1C)C(=O)CN(c1ccc(F)c(F)c1)S(C)(=O)=O. The second-order valence-corrected chi connectivity index (χ2v) is 9.94. The summed E-state index contributed by atoms with van der Waals surface area (Å²) in [6.07, 6.45) is 1.89. The summed E-state index contributed by atoms with van der Waals surface area (Å²) in [6, 6.07) is 9.13. The van der Waals surface area contributed by atoms with Gasteiger partial charge in [-0.25, -0.2) is 17.2 Å². The number of hydrogen-bond acceptors (Lipinski definition) is 4. The molecule has 0 aliphatic rings. The van der Waals surface area contributed by atoms with Crippen molar-refractivity contribution < 1.29 is 26.8 Å². The Balaban J connectivity index is 2.46. The minimum absolute atomic E-state index is 0.0823. The van der Waals surface area contributed by atoms with Crippen LogP contribution in [0.25, 0.3) is 0 Å². The van der Waals surface area contributed by atoms with Crippen LogP contribution in [0.3, 0.4) is 0 Å². The molecule has 1 N–H and O–H groups in total. The van der Waals surface area contributed by atoms with Gasteiger partial charge in [-0.15, -0.1) is 0 Å². The number of amides is 2. The summed E-state index contributed by atoms with van der Waals surface area (Å²) < 4.78 is 52.9. The summed E-state index contributed by atoms with van der Waals surface area (Å²) >= 11 is 0. The quantitative estimate of drug-likeness (QED) is 0.518. The lowest BCUT2D eigenvalue weighted by atomic mass is 10.1. The van der Waals surface area contributed by atoms with Gasteiger partial charge < -0.3 is 10.2 Å². The van der Waals surface area contributed by atoms with E-state index in [1.54, 1.807) is 6.92 Å². The van der Waals surface area contributed by atoms with E-state index in [0.717, 1.165) is 35.6 Å². The zero-order valence-electron chi connectivity index (χ0n) is 19.8. The Labute approximate surface area is 199 Å². The molecule has 0 saturated heterocycles. The van der Waals surface area contributed by atoms with Gasteiger partial charge in [-0.1, -0.05) is 38.1 Å². The van der Waals surface area contributed by atoms with Crippen molar-refractivity contribution in [1.82, 2.24) is 10.2 Å². The molecule has 0 fully saturated rings. The van der Waals surface area contributed by atoms with Crippen molar-refractivity contribution in [3.63, 3.8) is 0 Å². The number of anilines is 1. The predicted molar refractivity (Wildman–Crippen MR) is 128 cm³/mol. The van der Waals surface area contributed by atoms with Crippen molar-refractivity contribution in [1.29, 1.82) is 0 Å². The largest absolute Gasteiger partial charge is 0.354 e. The van der Waals surface area contributed by atoms with Crippen LogP contribution in [-0.2, 0) is 26.2 Å². The normalized spacial score (nSPS) is 12.2. The first-order valence-electron chi connectivity index (χ1n) is 11.0.